The van der Waals surface area contributed by atoms with Gasteiger partial charge in [0.15, 0.2) is 24.2 Å². The van der Waals surface area contributed by atoms with Crippen LogP contribution in [0.1, 0.15) is 15.9 Å². The zero-order valence-corrected chi connectivity index (χ0v) is 11.2. The molecule has 0 fully saturated rings. The minimum Gasteiger partial charge on any atom is -0.467 e. The van der Waals surface area contributed by atoms with Gasteiger partial charge < -0.3 is 14.8 Å². The Bertz CT molecular complexity index is 749. The Kier molecular flexibility index (Phi) is 3.72. The number of amides is 1. The van der Waals surface area contributed by atoms with Crippen LogP contribution < -0.4 is 10.1 Å². The summed E-state index contributed by atoms with van der Waals surface area (Å²) in [6.07, 6.45) is 0. The van der Waals surface area contributed by atoms with Gasteiger partial charge in [0, 0.05) is 11.1 Å². The number of fused-ring (bicyclic) bond motifs is 1. The number of anilines is 1. The maximum atomic E-state index is 13.5. The molecule has 7 heteroatoms. The van der Waals surface area contributed by atoms with Crippen LogP contribution in [0, 0.1) is 17.5 Å². The van der Waals surface area contributed by atoms with Gasteiger partial charge in [0.05, 0.1) is 12.3 Å². The molecule has 0 bridgehead atoms. The number of rotatable bonds is 2. The average molecular weight is 309 g/mol. The maximum absolute atomic E-state index is 13.5. The molecule has 114 valence electrons. The normalized spacial score (nSPS) is 13.2. The lowest BCUT2D eigenvalue weighted by Crippen LogP contribution is -2.16. The van der Waals surface area contributed by atoms with Crippen LogP contribution in [0.25, 0.3) is 0 Å². The van der Waals surface area contributed by atoms with E-state index in [0.29, 0.717) is 11.3 Å². The zero-order chi connectivity index (χ0) is 15.7. The second kappa shape index (κ2) is 5.69. The quantitative estimate of drug-likeness (QED) is 0.867. The largest absolute Gasteiger partial charge is 0.467 e. The van der Waals surface area contributed by atoms with E-state index < -0.39 is 29.0 Å². The van der Waals surface area contributed by atoms with Crippen LogP contribution in [0.4, 0.5) is 18.9 Å². The molecule has 0 aromatic heterocycles. The maximum Gasteiger partial charge on any atom is 0.255 e. The van der Waals surface area contributed by atoms with E-state index in [1.54, 1.807) is 6.07 Å². The summed E-state index contributed by atoms with van der Waals surface area (Å²) in [6.45, 7) is 0.425. The summed E-state index contributed by atoms with van der Waals surface area (Å²) in [5.74, 6) is -4.46. The minimum absolute atomic E-state index is 0.138. The van der Waals surface area contributed by atoms with Gasteiger partial charge in [-0.05, 0) is 30.3 Å². The topological polar surface area (TPSA) is 47.6 Å². The highest BCUT2D eigenvalue weighted by molar-refractivity contribution is 6.04. The Balaban J connectivity index is 1.84. The van der Waals surface area contributed by atoms with E-state index in [-0.39, 0.29) is 19.0 Å². The fraction of sp³-hybridized carbons (Fsp3) is 0.133. The zero-order valence-electron chi connectivity index (χ0n) is 11.2. The molecule has 1 amide bonds. The third-order valence-electron chi connectivity index (χ3n) is 3.16. The molecular formula is C15H10F3NO3. The SMILES string of the molecule is O=C(Nc1ccc(F)c(F)c1F)c1ccc2c(c1)COCO2. The van der Waals surface area contributed by atoms with Gasteiger partial charge in [-0.25, -0.2) is 13.2 Å². The number of carbonyl (C=O) groups is 1. The minimum atomic E-state index is -1.63. The second-order valence-electron chi connectivity index (χ2n) is 4.61. The third-order valence-corrected chi connectivity index (χ3v) is 3.16. The lowest BCUT2D eigenvalue weighted by Gasteiger charge is -2.18. The van der Waals surface area contributed by atoms with Gasteiger partial charge in [-0.1, -0.05) is 0 Å². The van der Waals surface area contributed by atoms with Crippen molar-refractivity contribution in [2.45, 2.75) is 6.61 Å². The average Bonchev–Trinajstić information content (AvgIpc) is 2.55. The molecular weight excluding hydrogens is 299 g/mol. The van der Waals surface area contributed by atoms with E-state index in [4.69, 9.17) is 9.47 Å². The molecule has 2 aromatic carbocycles. The van der Waals surface area contributed by atoms with Crippen molar-refractivity contribution in [3.8, 4) is 5.75 Å². The summed E-state index contributed by atoms with van der Waals surface area (Å²) in [7, 11) is 0. The summed E-state index contributed by atoms with van der Waals surface area (Å²) in [5, 5.41) is 2.20. The van der Waals surface area contributed by atoms with Crippen LogP contribution in [0.5, 0.6) is 5.75 Å². The lowest BCUT2D eigenvalue weighted by molar-refractivity contribution is -0.0163. The Labute approximate surface area is 123 Å². The molecule has 3 rings (SSSR count). The molecule has 0 saturated carbocycles. The van der Waals surface area contributed by atoms with Gasteiger partial charge in [-0.15, -0.1) is 0 Å². The van der Waals surface area contributed by atoms with Crippen molar-refractivity contribution in [3.63, 3.8) is 0 Å². The van der Waals surface area contributed by atoms with Crippen LogP contribution in [-0.2, 0) is 11.3 Å². The summed E-state index contributed by atoms with van der Waals surface area (Å²) in [4.78, 5) is 12.1. The first-order valence-corrected chi connectivity index (χ1v) is 6.34. The molecule has 1 aliphatic heterocycles. The van der Waals surface area contributed by atoms with Gasteiger partial charge in [-0.3, -0.25) is 4.79 Å². The number of halogens is 3. The van der Waals surface area contributed by atoms with Crippen molar-refractivity contribution >= 4 is 11.6 Å². The molecule has 22 heavy (non-hydrogen) atoms. The van der Waals surface area contributed by atoms with Crippen molar-refractivity contribution in [2.75, 3.05) is 12.1 Å². The second-order valence-corrected chi connectivity index (χ2v) is 4.61. The van der Waals surface area contributed by atoms with Crippen LogP contribution in [0.3, 0.4) is 0 Å². The van der Waals surface area contributed by atoms with Crippen LogP contribution in [0.2, 0.25) is 0 Å². The number of hydrogen-bond donors (Lipinski definition) is 1. The predicted molar refractivity (Wildman–Crippen MR) is 71.0 cm³/mol. The smallest absolute Gasteiger partial charge is 0.255 e. The van der Waals surface area contributed by atoms with E-state index >= 15 is 0 Å². The first-order chi connectivity index (χ1) is 10.6. The number of nitrogens with one attached hydrogen (secondary N) is 1. The van der Waals surface area contributed by atoms with E-state index in [1.165, 1.54) is 12.1 Å². The predicted octanol–water partition coefficient (Wildman–Crippen LogP) is 3.22. The highest BCUT2D eigenvalue weighted by Crippen LogP contribution is 2.25. The van der Waals surface area contributed by atoms with Crippen LogP contribution in [-0.4, -0.2) is 12.7 Å². The summed E-state index contributed by atoms with van der Waals surface area (Å²) in [6, 6.07) is 6.30. The summed E-state index contributed by atoms with van der Waals surface area (Å²) in [5.41, 5.74) is 0.454. The van der Waals surface area contributed by atoms with Crippen molar-refractivity contribution in [2.24, 2.45) is 0 Å². The fourth-order valence-electron chi connectivity index (χ4n) is 2.05. The molecule has 1 aliphatic rings. The number of benzene rings is 2. The van der Waals surface area contributed by atoms with Crippen molar-refractivity contribution < 1.29 is 27.4 Å². The highest BCUT2D eigenvalue weighted by Gasteiger charge is 2.18. The van der Waals surface area contributed by atoms with E-state index in [1.807, 2.05) is 0 Å². The van der Waals surface area contributed by atoms with Gasteiger partial charge in [-0.2, -0.15) is 0 Å². The van der Waals surface area contributed by atoms with E-state index in [2.05, 4.69) is 5.32 Å². The third kappa shape index (κ3) is 2.62. The van der Waals surface area contributed by atoms with Gasteiger partial charge in [0.25, 0.3) is 5.91 Å². The van der Waals surface area contributed by atoms with Gasteiger partial charge in [0.1, 0.15) is 5.75 Å². The Morgan fingerprint density at radius 1 is 1.09 bits per heavy atom. The molecule has 2 aromatic rings. The van der Waals surface area contributed by atoms with Crippen LogP contribution in [0.15, 0.2) is 30.3 Å². The molecule has 0 radical (unpaired) electrons. The first kappa shape index (κ1) is 14.4. The van der Waals surface area contributed by atoms with Gasteiger partial charge >= 0.3 is 0 Å². The number of carbonyl (C=O) groups excluding carboxylic acids is 1. The summed E-state index contributed by atoms with van der Waals surface area (Å²) < 4.78 is 49.8. The lowest BCUT2D eigenvalue weighted by atomic mass is 10.1. The monoisotopic (exact) mass is 309 g/mol. The number of hydrogen-bond acceptors (Lipinski definition) is 3. The molecule has 1 heterocycles. The standard InChI is InChI=1S/C15H10F3NO3/c16-10-2-3-11(14(18)13(10)17)19-15(20)8-1-4-12-9(5-8)6-21-7-22-12/h1-5H,6-7H2,(H,19,20). The Morgan fingerprint density at radius 3 is 2.73 bits per heavy atom. The summed E-state index contributed by atoms with van der Waals surface area (Å²) >= 11 is 0. The fourth-order valence-corrected chi connectivity index (χ4v) is 2.05. The first-order valence-electron chi connectivity index (χ1n) is 6.34. The molecule has 0 saturated heterocycles. The molecule has 0 spiro atoms. The molecule has 4 nitrogen and oxygen atoms in total. The van der Waals surface area contributed by atoms with Crippen molar-refractivity contribution in [3.05, 3.63) is 58.9 Å². The Hall–Kier alpha value is -2.54. The van der Waals surface area contributed by atoms with E-state index in [0.717, 1.165) is 12.1 Å². The molecule has 0 atom stereocenters. The van der Waals surface area contributed by atoms with Crippen molar-refractivity contribution in [1.29, 1.82) is 0 Å². The van der Waals surface area contributed by atoms with Gasteiger partial charge in [0.2, 0.25) is 0 Å². The number of ether oxygens (including phenoxy) is 2. The molecule has 0 aliphatic carbocycles. The molecule has 0 unspecified atom stereocenters. The van der Waals surface area contributed by atoms with E-state index in [9.17, 15) is 18.0 Å². The molecule has 1 N–H and O–H groups in total. The van der Waals surface area contributed by atoms with Crippen molar-refractivity contribution in [1.82, 2.24) is 0 Å². The Morgan fingerprint density at radius 2 is 1.91 bits per heavy atom. The van der Waals surface area contributed by atoms with Crippen LogP contribution >= 0.6 is 0 Å². The highest BCUT2D eigenvalue weighted by atomic mass is 19.2.